The molecule has 0 amide bonds. The van der Waals surface area contributed by atoms with E-state index >= 15 is 0 Å². The Morgan fingerprint density at radius 1 is 1.27 bits per heavy atom. The average molecular weight is 289 g/mol. The Labute approximate surface area is 128 Å². The van der Waals surface area contributed by atoms with Gasteiger partial charge in [-0.2, -0.15) is 5.26 Å². The van der Waals surface area contributed by atoms with Gasteiger partial charge in [0.05, 0.1) is 5.52 Å². The summed E-state index contributed by atoms with van der Waals surface area (Å²) in [6.45, 7) is 3.93. The standard InChI is InChI=1S/C18H15N3O/c1-3-13-9-15-16(11(2)20-13)17(12-7-5-4-6-8-12)14(10-19)18(22)21-15/h4-9H,3H2,1-2H3,(H,21,22). The number of hydrogen-bond donors (Lipinski definition) is 1. The Morgan fingerprint density at radius 2 is 2.00 bits per heavy atom. The van der Waals surface area contributed by atoms with Gasteiger partial charge in [0.15, 0.2) is 0 Å². The van der Waals surface area contributed by atoms with Crippen LogP contribution in [0.15, 0.2) is 41.2 Å². The van der Waals surface area contributed by atoms with Gasteiger partial charge in [-0.05, 0) is 25.0 Å². The molecule has 0 aliphatic carbocycles. The van der Waals surface area contributed by atoms with Crippen LogP contribution in [0.3, 0.4) is 0 Å². The minimum atomic E-state index is -0.360. The van der Waals surface area contributed by atoms with Crippen LogP contribution in [0.25, 0.3) is 22.0 Å². The lowest BCUT2D eigenvalue weighted by Gasteiger charge is -2.12. The van der Waals surface area contributed by atoms with E-state index < -0.39 is 0 Å². The average Bonchev–Trinajstić information content (AvgIpc) is 2.54. The van der Waals surface area contributed by atoms with E-state index in [-0.39, 0.29) is 11.1 Å². The van der Waals surface area contributed by atoms with E-state index in [0.29, 0.717) is 5.56 Å². The second-order valence-electron chi connectivity index (χ2n) is 5.16. The molecule has 3 rings (SSSR count). The largest absolute Gasteiger partial charge is 0.321 e. The number of nitrogens with one attached hydrogen (secondary N) is 1. The zero-order valence-corrected chi connectivity index (χ0v) is 12.5. The maximum Gasteiger partial charge on any atom is 0.266 e. The van der Waals surface area contributed by atoms with E-state index in [1.165, 1.54) is 0 Å². The predicted octanol–water partition coefficient (Wildman–Crippen LogP) is 3.33. The van der Waals surface area contributed by atoms with Crippen LogP contribution >= 0.6 is 0 Å². The number of aromatic amines is 1. The third-order valence-electron chi connectivity index (χ3n) is 3.77. The Balaban J connectivity index is 2.53. The topological polar surface area (TPSA) is 69.5 Å². The summed E-state index contributed by atoms with van der Waals surface area (Å²) in [4.78, 5) is 19.7. The number of nitrogens with zero attached hydrogens (tertiary/aromatic N) is 2. The molecular formula is C18H15N3O. The molecule has 0 spiro atoms. The van der Waals surface area contributed by atoms with E-state index in [1.54, 1.807) is 0 Å². The van der Waals surface area contributed by atoms with Crippen molar-refractivity contribution in [2.75, 3.05) is 0 Å². The SMILES string of the molecule is CCc1cc2[nH]c(=O)c(C#N)c(-c3ccccc3)c2c(C)n1. The number of fused-ring (bicyclic) bond motifs is 1. The van der Waals surface area contributed by atoms with Crippen molar-refractivity contribution in [3.63, 3.8) is 0 Å². The van der Waals surface area contributed by atoms with Crippen molar-refractivity contribution >= 4 is 10.9 Å². The van der Waals surface area contributed by atoms with E-state index in [0.717, 1.165) is 34.3 Å². The van der Waals surface area contributed by atoms with Crippen molar-refractivity contribution in [1.82, 2.24) is 9.97 Å². The van der Waals surface area contributed by atoms with Crippen LogP contribution in [-0.4, -0.2) is 9.97 Å². The molecule has 0 bridgehead atoms. The fraction of sp³-hybridized carbons (Fsp3) is 0.167. The van der Waals surface area contributed by atoms with Crippen molar-refractivity contribution in [2.24, 2.45) is 0 Å². The van der Waals surface area contributed by atoms with Crippen molar-refractivity contribution in [1.29, 1.82) is 5.26 Å². The number of nitriles is 1. The second-order valence-corrected chi connectivity index (χ2v) is 5.16. The number of pyridine rings is 2. The highest BCUT2D eigenvalue weighted by molar-refractivity contribution is 5.98. The van der Waals surface area contributed by atoms with Crippen molar-refractivity contribution in [3.8, 4) is 17.2 Å². The summed E-state index contributed by atoms with van der Waals surface area (Å²) < 4.78 is 0. The van der Waals surface area contributed by atoms with Gasteiger partial charge in [0.2, 0.25) is 0 Å². The number of benzene rings is 1. The zero-order valence-electron chi connectivity index (χ0n) is 12.5. The first-order valence-electron chi connectivity index (χ1n) is 7.17. The molecule has 0 saturated carbocycles. The predicted molar refractivity (Wildman–Crippen MR) is 86.6 cm³/mol. The van der Waals surface area contributed by atoms with Crippen molar-refractivity contribution in [2.45, 2.75) is 20.3 Å². The first-order valence-corrected chi connectivity index (χ1v) is 7.17. The van der Waals surface area contributed by atoms with Gasteiger partial charge in [0.1, 0.15) is 11.6 Å². The summed E-state index contributed by atoms with van der Waals surface area (Å²) in [6, 6.07) is 13.4. The minimum absolute atomic E-state index is 0.132. The van der Waals surface area contributed by atoms with Gasteiger partial charge in [-0.15, -0.1) is 0 Å². The van der Waals surface area contributed by atoms with Gasteiger partial charge in [0, 0.05) is 22.3 Å². The van der Waals surface area contributed by atoms with Crippen LogP contribution in [0.4, 0.5) is 0 Å². The molecule has 1 N–H and O–H groups in total. The summed E-state index contributed by atoms with van der Waals surface area (Å²) in [5.74, 6) is 0. The molecule has 3 aromatic rings. The Bertz CT molecular complexity index is 950. The molecule has 0 atom stereocenters. The normalized spacial score (nSPS) is 10.6. The van der Waals surface area contributed by atoms with E-state index in [9.17, 15) is 10.1 Å². The monoisotopic (exact) mass is 289 g/mol. The summed E-state index contributed by atoms with van der Waals surface area (Å²) in [6.07, 6.45) is 0.791. The molecule has 0 fully saturated rings. The lowest BCUT2D eigenvalue weighted by atomic mass is 9.95. The highest BCUT2D eigenvalue weighted by atomic mass is 16.1. The van der Waals surface area contributed by atoms with Crippen molar-refractivity contribution < 1.29 is 0 Å². The molecule has 108 valence electrons. The summed E-state index contributed by atoms with van der Waals surface area (Å²) in [5, 5.41) is 10.3. The molecule has 1 aromatic carbocycles. The first kappa shape index (κ1) is 14.0. The number of rotatable bonds is 2. The van der Waals surface area contributed by atoms with Crippen LogP contribution in [0.1, 0.15) is 23.9 Å². The minimum Gasteiger partial charge on any atom is -0.321 e. The Morgan fingerprint density at radius 3 is 2.64 bits per heavy atom. The lowest BCUT2D eigenvalue weighted by molar-refractivity contribution is 1.01. The summed E-state index contributed by atoms with van der Waals surface area (Å²) >= 11 is 0. The molecule has 22 heavy (non-hydrogen) atoms. The van der Waals surface area contributed by atoms with Crippen molar-refractivity contribution in [3.05, 3.63) is 63.7 Å². The molecule has 0 radical (unpaired) electrons. The van der Waals surface area contributed by atoms with Gasteiger partial charge in [0.25, 0.3) is 5.56 Å². The number of H-pyrrole nitrogens is 1. The van der Waals surface area contributed by atoms with Gasteiger partial charge >= 0.3 is 0 Å². The fourth-order valence-electron chi connectivity index (χ4n) is 2.76. The van der Waals surface area contributed by atoms with Crippen LogP contribution in [0.5, 0.6) is 0 Å². The molecular weight excluding hydrogens is 274 g/mol. The maximum atomic E-state index is 12.3. The number of hydrogen-bond acceptors (Lipinski definition) is 3. The molecule has 4 nitrogen and oxygen atoms in total. The summed E-state index contributed by atoms with van der Waals surface area (Å²) in [7, 11) is 0. The van der Waals surface area contributed by atoms with E-state index in [1.807, 2.05) is 56.3 Å². The van der Waals surface area contributed by atoms with Gasteiger partial charge in [-0.25, -0.2) is 0 Å². The lowest BCUT2D eigenvalue weighted by Crippen LogP contribution is -2.13. The number of aryl methyl sites for hydroxylation is 2. The van der Waals surface area contributed by atoms with E-state index in [2.05, 4.69) is 9.97 Å². The van der Waals surface area contributed by atoms with Crippen LogP contribution in [0.2, 0.25) is 0 Å². The second kappa shape index (κ2) is 5.45. The Hall–Kier alpha value is -2.93. The summed E-state index contributed by atoms with van der Waals surface area (Å²) in [5.41, 5.74) is 3.76. The quantitative estimate of drug-likeness (QED) is 0.786. The number of aromatic nitrogens is 2. The molecule has 0 aliphatic rings. The zero-order chi connectivity index (χ0) is 15.7. The van der Waals surface area contributed by atoms with E-state index in [4.69, 9.17) is 0 Å². The van der Waals surface area contributed by atoms with Crippen LogP contribution in [0, 0.1) is 18.3 Å². The highest BCUT2D eigenvalue weighted by Crippen LogP contribution is 2.31. The Kier molecular flexibility index (Phi) is 3.48. The van der Waals surface area contributed by atoms with Gasteiger partial charge < -0.3 is 4.98 Å². The smallest absolute Gasteiger partial charge is 0.266 e. The third-order valence-corrected chi connectivity index (χ3v) is 3.77. The third kappa shape index (κ3) is 2.17. The molecule has 2 heterocycles. The molecule has 0 aliphatic heterocycles. The highest BCUT2D eigenvalue weighted by Gasteiger charge is 2.17. The van der Waals surface area contributed by atoms with Gasteiger partial charge in [-0.1, -0.05) is 37.3 Å². The molecule has 4 heteroatoms. The first-order chi connectivity index (χ1) is 10.7. The van der Waals surface area contributed by atoms with Crippen LogP contribution in [-0.2, 0) is 6.42 Å². The molecule has 2 aromatic heterocycles. The van der Waals surface area contributed by atoms with Crippen LogP contribution < -0.4 is 5.56 Å². The molecule has 0 saturated heterocycles. The maximum absolute atomic E-state index is 12.3. The van der Waals surface area contributed by atoms with Gasteiger partial charge in [-0.3, -0.25) is 9.78 Å². The molecule has 0 unspecified atom stereocenters. The fourth-order valence-corrected chi connectivity index (χ4v) is 2.76.